The fourth-order valence-electron chi connectivity index (χ4n) is 9.00. The Hall–Kier alpha value is -8.48. The highest BCUT2D eigenvalue weighted by molar-refractivity contribution is 6.21. The smallest absolute Gasteiger partial charge is 0.163 e. The largest absolute Gasteiger partial charge is 0.454 e. The Balaban J connectivity index is 1.14. The molecule has 4 aromatic heterocycles. The van der Waals surface area contributed by atoms with Crippen molar-refractivity contribution in [2.24, 2.45) is 0 Å². The molecule has 0 amide bonds. The van der Waals surface area contributed by atoms with Crippen LogP contribution in [-0.4, -0.2) is 24.5 Å². The van der Waals surface area contributed by atoms with E-state index in [-0.39, 0.29) is 0 Å². The zero-order valence-electron chi connectivity index (χ0n) is 34.1. The SMILES string of the molecule is c1ccc(-c2ccc(-c3ccccc3)c(-c3cnc(-n4c5ccccc5c5ccc6c7ccccc7oc6c54)c(Cc4nc(-c5ccccc5)nc(-c5ccccc5)n4)c3)c2)cc1. The molecule has 0 N–H and O–H groups in total. The van der Waals surface area contributed by atoms with Gasteiger partial charge in [0, 0.05) is 56.4 Å². The first-order valence-corrected chi connectivity index (χ1v) is 21.2. The Kier molecular flexibility index (Phi) is 8.78. The molecule has 0 spiro atoms. The van der Waals surface area contributed by atoms with Gasteiger partial charge in [-0.05, 0) is 58.1 Å². The number of nitrogens with zero attached hydrogens (tertiary/aromatic N) is 5. The lowest BCUT2D eigenvalue weighted by Gasteiger charge is -2.17. The third kappa shape index (κ3) is 6.44. The van der Waals surface area contributed by atoms with Gasteiger partial charge >= 0.3 is 0 Å². The average molecular weight is 808 g/mol. The summed E-state index contributed by atoms with van der Waals surface area (Å²) >= 11 is 0. The van der Waals surface area contributed by atoms with Gasteiger partial charge in [-0.25, -0.2) is 19.9 Å². The molecule has 0 aliphatic heterocycles. The first-order chi connectivity index (χ1) is 31.2. The van der Waals surface area contributed by atoms with E-state index in [1.807, 2.05) is 79.0 Å². The molecule has 0 saturated carbocycles. The van der Waals surface area contributed by atoms with Gasteiger partial charge in [0.2, 0.25) is 0 Å². The number of para-hydroxylation sites is 2. The normalized spacial score (nSPS) is 11.6. The number of furan rings is 1. The minimum atomic E-state index is 0.377. The number of hydrogen-bond acceptors (Lipinski definition) is 5. The molecule has 0 saturated heterocycles. The highest BCUT2D eigenvalue weighted by Crippen LogP contribution is 2.42. The summed E-state index contributed by atoms with van der Waals surface area (Å²) in [6.07, 6.45) is 2.40. The van der Waals surface area contributed by atoms with Crippen molar-refractivity contribution in [2.75, 3.05) is 0 Å². The topological polar surface area (TPSA) is 69.6 Å². The van der Waals surface area contributed by atoms with E-state index in [0.717, 1.165) is 99.6 Å². The van der Waals surface area contributed by atoms with Gasteiger partial charge in [0.1, 0.15) is 17.2 Å². The second-order valence-corrected chi connectivity index (χ2v) is 15.8. The van der Waals surface area contributed by atoms with E-state index >= 15 is 0 Å². The Bertz CT molecular complexity index is 3580. The van der Waals surface area contributed by atoms with Gasteiger partial charge in [-0.3, -0.25) is 4.57 Å². The average Bonchev–Trinajstić information content (AvgIpc) is 3.91. The third-order valence-corrected chi connectivity index (χ3v) is 12.0. The standard InChI is InChI=1S/C57H37N5O/c1-5-17-37(18-6-1)41-29-30-44(38-19-7-2-8-20-38)49(34-41)43-33-42(35-52-59-55(39-21-9-3-10-22-39)61-56(60-52)40-23-11-4-12-24-40)57(58-36-43)62-50-27-15-13-25-45(50)47-31-32-48-46-26-14-16-28-51(46)63-54(48)53(47)62/h1-34,36H,35H2. The van der Waals surface area contributed by atoms with Crippen LogP contribution in [0.5, 0.6) is 0 Å². The lowest BCUT2D eigenvalue weighted by Crippen LogP contribution is -2.08. The van der Waals surface area contributed by atoms with Crippen molar-refractivity contribution in [3.05, 3.63) is 224 Å². The molecular weight excluding hydrogens is 771 g/mol. The fraction of sp³-hybridized carbons (Fsp3) is 0.0175. The molecular formula is C57H37N5O. The lowest BCUT2D eigenvalue weighted by molar-refractivity contribution is 0.671. The number of fused-ring (bicyclic) bond motifs is 7. The maximum absolute atomic E-state index is 6.78. The van der Waals surface area contributed by atoms with Crippen LogP contribution < -0.4 is 0 Å². The number of hydrogen-bond donors (Lipinski definition) is 0. The quantitative estimate of drug-likeness (QED) is 0.153. The maximum Gasteiger partial charge on any atom is 0.163 e. The fourth-order valence-corrected chi connectivity index (χ4v) is 9.00. The Labute approximate surface area is 363 Å². The summed E-state index contributed by atoms with van der Waals surface area (Å²) in [5, 5.41) is 4.34. The number of aromatic nitrogens is 5. The van der Waals surface area contributed by atoms with E-state index in [9.17, 15) is 0 Å². The number of pyridine rings is 1. The van der Waals surface area contributed by atoms with E-state index < -0.39 is 0 Å². The van der Waals surface area contributed by atoms with Crippen LogP contribution in [0.15, 0.2) is 217 Å². The first kappa shape index (κ1) is 36.4. The molecule has 6 heteroatoms. The van der Waals surface area contributed by atoms with Crippen LogP contribution in [0, 0.1) is 0 Å². The molecule has 12 rings (SSSR count). The molecule has 6 nitrogen and oxygen atoms in total. The summed E-state index contributed by atoms with van der Waals surface area (Å²) in [4.78, 5) is 20.9. The predicted octanol–water partition coefficient (Wildman–Crippen LogP) is 14.2. The van der Waals surface area contributed by atoms with Crippen LogP contribution >= 0.6 is 0 Å². The molecule has 4 heterocycles. The summed E-state index contributed by atoms with van der Waals surface area (Å²) in [7, 11) is 0. The predicted molar refractivity (Wildman–Crippen MR) is 256 cm³/mol. The molecule has 0 unspecified atom stereocenters. The van der Waals surface area contributed by atoms with Crippen molar-refractivity contribution in [1.82, 2.24) is 24.5 Å². The summed E-state index contributed by atoms with van der Waals surface area (Å²) in [6, 6.07) is 71.6. The molecule has 296 valence electrons. The minimum absolute atomic E-state index is 0.377. The first-order valence-electron chi connectivity index (χ1n) is 21.2. The third-order valence-electron chi connectivity index (χ3n) is 12.0. The van der Waals surface area contributed by atoms with E-state index in [1.165, 1.54) is 0 Å². The van der Waals surface area contributed by atoms with Crippen LogP contribution in [0.25, 0.3) is 106 Å². The number of rotatable bonds is 8. The summed E-state index contributed by atoms with van der Waals surface area (Å²) in [5.74, 6) is 2.65. The molecule has 0 aliphatic rings. The molecule has 0 radical (unpaired) electrons. The molecule has 0 bridgehead atoms. The second kappa shape index (κ2) is 15.2. The van der Waals surface area contributed by atoms with Gasteiger partial charge in [-0.15, -0.1) is 0 Å². The van der Waals surface area contributed by atoms with Crippen molar-refractivity contribution < 1.29 is 4.42 Å². The van der Waals surface area contributed by atoms with Gasteiger partial charge in [0.15, 0.2) is 17.2 Å². The van der Waals surface area contributed by atoms with E-state index in [2.05, 4.69) is 138 Å². The van der Waals surface area contributed by atoms with Crippen molar-refractivity contribution in [3.63, 3.8) is 0 Å². The molecule has 63 heavy (non-hydrogen) atoms. The Morgan fingerprint density at radius 3 is 1.70 bits per heavy atom. The van der Waals surface area contributed by atoms with Gasteiger partial charge in [0.25, 0.3) is 0 Å². The van der Waals surface area contributed by atoms with E-state index in [4.69, 9.17) is 24.4 Å². The van der Waals surface area contributed by atoms with Crippen molar-refractivity contribution in [2.45, 2.75) is 6.42 Å². The summed E-state index contributed by atoms with van der Waals surface area (Å²) in [6.45, 7) is 0. The highest BCUT2D eigenvalue weighted by Gasteiger charge is 2.23. The van der Waals surface area contributed by atoms with Crippen LogP contribution in [0.3, 0.4) is 0 Å². The Morgan fingerprint density at radius 1 is 0.413 bits per heavy atom. The van der Waals surface area contributed by atoms with Gasteiger partial charge in [-0.1, -0.05) is 176 Å². The maximum atomic E-state index is 6.78. The second-order valence-electron chi connectivity index (χ2n) is 15.8. The van der Waals surface area contributed by atoms with Gasteiger partial charge in [0.05, 0.1) is 11.0 Å². The van der Waals surface area contributed by atoms with Gasteiger partial charge in [-0.2, -0.15) is 0 Å². The van der Waals surface area contributed by atoms with Crippen molar-refractivity contribution in [3.8, 4) is 62.0 Å². The van der Waals surface area contributed by atoms with Crippen molar-refractivity contribution >= 4 is 43.7 Å². The van der Waals surface area contributed by atoms with Crippen LogP contribution in [0.1, 0.15) is 11.4 Å². The highest BCUT2D eigenvalue weighted by atomic mass is 16.3. The summed E-state index contributed by atoms with van der Waals surface area (Å²) < 4.78 is 9.06. The number of benzene rings is 8. The van der Waals surface area contributed by atoms with Crippen molar-refractivity contribution in [1.29, 1.82) is 0 Å². The van der Waals surface area contributed by atoms with E-state index in [1.54, 1.807) is 0 Å². The van der Waals surface area contributed by atoms with Crippen LogP contribution in [-0.2, 0) is 6.42 Å². The molecule has 8 aromatic carbocycles. The zero-order chi connectivity index (χ0) is 41.7. The Morgan fingerprint density at radius 2 is 1.00 bits per heavy atom. The van der Waals surface area contributed by atoms with Gasteiger partial charge < -0.3 is 4.42 Å². The van der Waals surface area contributed by atoms with Crippen LogP contribution in [0.4, 0.5) is 0 Å². The van der Waals surface area contributed by atoms with E-state index in [0.29, 0.717) is 23.9 Å². The lowest BCUT2D eigenvalue weighted by atomic mass is 9.91. The molecule has 0 fully saturated rings. The molecule has 12 aromatic rings. The molecule has 0 aliphatic carbocycles. The monoisotopic (exact) mass is 807 g/mol. The summed E-state index contributed by atoms with van der Waals surface area (Å²) in [5.41, 5.74) is 13.1. The minimum Gasteiger partial charge on any atom is -0.454 e. The molecule has 0 atom stereocenters. The zero-order valence-corrected chi connectivity index (χ0v) is 34.1. The van der Waals surface area contributed by atoms with Crippen LogP contribution in [0.2, 0.25) is 0 Å².